The molecule has 3 aromatic heterocycles. The van der Waals surface area contributed by atoms with E-state index >= 15 is 0 Å². The zero-order chi connectivity index (χ0) is 35.8. The first-order chi connectivity index (χ1) is 27.3. The van der Waals surface area contributed by atoms with Gasteiger partial charge in [0.2, 0.25) is 0 Å². The highest BCUT2D eigenvalue weighted by Crippen LogP contribution is 2.52. The van der Waals surface area contributed by atoms with Gasteiger partial charge in [0.25, 0.3) is 0 Å². The van der Waals surface area contributed by atoms with Crippen molar-refractivity contribution in [3.05, 3.63) is 168 Å². The summed E-state index contributed by atoms with van der Waals surface area (Å²) in [6.07, 6.45) is 7.74. The van der Waals surface area contributed by atoms with Crippen molar-refractivity contribution in [1.82, 2.24) is 14.5 Å². The Morgan fingerprint density at radius 3 is 2.13 bits per heavy atom. The average molecular weight is 718 g/mol. The van der Waals surface area contributed by atoms with Crippen LogP contribution in [0.1, 0.15) is 28.7 Å². The number of aromatic nitrogens is 3. The fraction of sp³-hybridized carbons (Fsp3) is 0.0588. The molecule has 3 nitrogen and oxygen atoms in total. The molecule has 55 heavy (non-hydrogen) atoms. The molecule has 0 atom stereocenters. The van der Waals surface area contributed by atoms with E-state index in [0.29, 0.717) is 0 Å². The zero-order valence-corrected chi connectivity index (χ0v) is 30.6. The lowest BCUT2D eigenvalue weighted by Gasteiger charge is -2.20. The van der Waals surface area contributed by atoms with Crippen molar-refractivity contribution in [1.29, 1.82) is 0 Å². The van der Waals surface area contributed by atoms with E-state index in [-0.39, 0.29) is 0 Å². The van der Waals surface area contributed by atoms with Gasteiger partial charge in [-0.05, 0) is 79.2 Å². The van der Waals surface area contributed by atoms with Gasteiger partial charge in [-0.2, -0.15) is 0 Å². The summed E-state index contributed by atoms with van der Waals surface area (Å²) in [7, 11) is 0. The normalized spacial score (nSPS) is 13.5. The van der Waals surface area contributed by atoms with Gasteiger partial charge in [-0.15, -0.1) is 11.3 Å². The quantitative estimate of drug-likeness (QED) is 0.167. The summed E-state index contributed by atoms with van der Waals surface area (Å²) in [5.74, 6) is 0.879. The molecule has 0 saturated carbocycles. The van der Waals surface area contributed by atoms with Crippen LogP contribution in [0, 0.1) is 0 Å². The van der Waals surface area contributed by atoms with Crippen LogP contribution >= 0.6 is 11.3 Å². The Morgan fingerprint density at radius 1 is 0.564 bits per heavy atom. The van der Waals surface area contributed by atoms with Crippen molar-refractivity contribution in [2.45, 2.75) is 19.3 Å². The third kappa shape index (κ3) is 3.94. The van der Waals surface area contributed by atoms with Crippen LogP contribution in [0.15, 0.2) is 146 Å². The Kier molecular flexibility index (Phi) is 5.94. The molecule has 0 N–H and O–H groups in total. The molecule has 2 aliphatic carbocycles. The number of hydrogen-bond donors (Lipinski definition) is 0. The number of rotatable bonds is 2. The number of allylic oxidation sites excluding steroid dienone is 1. The molecule has 0 fully saturated rings. The average Bonchev–Trinajstić information content (AvgIpc) is 3.94. The van der Waals surface area contributed by atoms with Gasteiger partial charge in [-0.1, -0.05) is 146 Å². The largest absolute Gasteiger partial charge is 0.292 e. The third-order valence-corrected chi connectivity index (χ3v) is 13.4. The molecule has 4 heteroatoms. The smallest absolute Gasteiger partial charge is 0.165 e. The summed E-state index contributed by atoms with van der Waals surface area (Å²) in [6.45, 7) is 0. The predicted octanol–water partition coefficient (Wildman–Crippen LogP) is 13.6. The SMILES string of the molecule is C1=Cc2c(c3c(c4c2c2ccccc2n4-c2nc4c(nc2-c2ccccc2)sc2c5ccccc5c5ccccc5c42)Cc2ccc4ccccc4c2-3)CC1. The second kappa shape index (κ2) is 11.0. The Labute approximate surface area is 320 Å². The maximum absolute atomic E-state index is 5.87. The molecule has 0 radical (unpaired) electrons. The van der Waals surface area contributed by atoms with Gasteiger partial charge >= 0.3 is 0 Å². The Morgan fingerprint density at radius 2 is 1.27 bits per heavy atom. The predicted molar refractivity (Wildman–Crippen MR) is 233 cm³/mol. The monoisotopic (exact) mass is 717 g/mol. The number of nitrogens with zero attached hydrogens (tertiary/aromatic N) is 3. The summed E-state index contributed by atoms with van der Waals surface area (Å²) in [5, 5.41) is 11.4. The second-order valence-corrected chi connectivity index (χ2v) is 16.1. The highest BCUT2D eigenvalue weighted by Gasteiger charge is 2.33. The van der Waals surface area contributed by atoms with Gasteiger partial charge in [0.1, 0.15) is 16.0 Å². The van der Waals surface area contributed by atoms with Crippen LogP contribution in [-0.4, -0.2) is 14.5 Å². The molecule has 0 bridgehead atoms. The zero-order valence-electron chi connectivity index (χ0n) is 29.8. The number of thiophene rings is 1. The van der Waals surface area contributed by atoms with Crippen molar-refractivity contribution in [3.63, 3.8) is 0 Å². The highest BCUT2D eigenvalue weighted by atomic mass is 32.1. The molecule has 13 rings (SSSR count). The molecule has 11 aromatic rings. The van der Waals surface area contributed by atoms with Crippen molar-refractivity contribution in [2.24, 2.45) is 0 Å². The van der Waals surface area contributed by atoms with E-state index in [1.54, 1.807) is 11.3 Å². The molecular formula is C51H31N3S. The lowest BCUT2D eigenvalue weighted by Crippen LogP contribution is -2.06. The van der Waals surface area contributed by atoms with Crippen LogP contribution in [0.2, 0.25) is 0 Å². The molecule has 0 spiro atoms. The maximum atomic E-state index is 5.87. The van der Waals surface area contributed by atoms with Gasteiger partial charge in [-0.3, -0.25) is 4.57 Å². The topological polar surface area (TPSA) is 30.7 Å². The highest BCUT2D eigenvalue weighted by molar-refractivity contribution is 7.26. The minimum atomic E-state index is 0.879. The first-order valence-corrected chi connectivity index (χ1v) is 20.0. The van der Waals surface area contributed by atoms with Crippen LogP contribution in [0.25, 0.3) is 109 Å². The summed E-state index contributed by atoms with van der Waals surface area (Å²) < 4.78 is 3.73. The maximum Gasteiger partial charge on any atom is 0.165 e. The molecule has 2 aliphatic rings. The van der Waals surface area contributed by atoms with Gasteiger partial charge in [0.15, 0.2) is 5.82 Å². The summed E-state index contributed by atoms with van der Waals surface area (Å²) >= 11 is 1.77. The van der Waals surface area contributed by atoms with Crippen molar-refractivity contribution >= 4 is 92.0 Å². The number of benzene rings is 8. The van der Waals surface area contributed by atoms with Crippen LogP contribution in [-0.2, 0) is 12.8 Å². The lowest BCUT2D eigenvalue weighted by atomic mass is 9.84. The van der Waals surface area contributed by atoms with Gasteiger partial charge in [0, 0.05) is 38.2 Å². The number of fused-ring (bicyclic) bond motifs is 20. The Hall–Kier alpha value is -6.62. The second-order valence-electron chi connectivity index (χ2n) is 15.1. The van der Waals surface area contributed by atoms with E-state index in [9.17, 15) is 0 Å². The summed E-state index contributed by atoms with van der Waals surface area (Å²) in [5.41, 5.74) is 13.8. The molecule has 0 amide bonds. The van der Waals surface area contributed by atoms with Crippen molar-refractivity contribution < 1.29 is 0 Å². The molecule has 3 heterocycles. The molecule has 0 aliphatic heterocycles. The third-order valence-electron chi connectivity index (χ3n) is 12.3. The molecule has 256 valence electrons. The standard InChI is InChI=1S/C51H31N3S/c1-2-15-30(16-3-1)46-50(52-47-45-35-20-8-6-18-33(35)34-19-7-11-23-38(34)49(45)55-51(47)53-46)54-41-25-13-12-24-39(41)44-37-22-10-9-21-36(37)43-40(48(44)54)28-31-27-26-29-14-4-5-17-32(29)42(31)43/h1-8,10-20,22-27H,9,21,28H2. The van der Waals surface area contributed by atoms with Gasteiger partial charge in [0.05, 0.1) is 11.0 Å². The van der Waals surface area contributed by atoms with E-state index in [4.69, 9.17) is 9.97 Å². The van der Waals surface area contributed by atoms with Gasteiger partial charge < -0.3 is 0 Å². The minimum absolute atomic E-state index is 0.879. The molecule has 0 saturated heterocycles. The molecular weight excluding hydrogens is 687 g/mol. The van der Waals surface area contributed by atoms with Crippen LogP contribution in [0.3, 0.4) is 0 Å². The fourth-order valence-electron chi connectivity index (χ4n) is 10.0. The molecule has 8 aromatic carbocycles. The first kappa shape index (κ1) is 29.8. The van der Waals surface area contributed by atoms with Crippen molar-refractivity contribution in [2.75, 3.05) is 0 Å². The Bertz CT molecular complexity index is 3510. The van der Waals surface area contributed by atoms with E-state index in [0.717, 1.165) is 52.2 Å². The number of para-hydroxylation sites is 1. The lowest BCUT2D eigenvalue weighted by molar-refractivity contribution is 0.989. The summed E-state index contributed by atoms with van der Waals surface area (Å²) in [4.78, 5) is 12.5. The molecule has 0 unspecified atom stereocenters. The van der Waals surface area contributed by atoms with E-state index < -0.39 is 0 Å². The first-order valence-electron chi connectivity index (χ1n) is 19.2. The Balaban J connectivity index is 1.24. The summed E-state index contributed by atoms with van der Waals surface area (Å²) in [6, 6.07) is 50.9. The van der Waals surface area contributed by atoms with Crippen LogP contribution in [0.5, 0.6) is 0 Å². The van der Waals surface area contributed by atoms with Crippen molar-refractivity contribution in [3.8, 4) is 28.2 Å². The minimum Gasteiger partial charge on any atom is -0.292 e. The van der Waals surface area contributed by atoms with E-state index in [1.165, 1.54) is 92.1 Å². The van der Waals surface area contributed by atoms with Crippen LogP contribution in [0.4, 0.5) is 0 Å². The van der Waals surface area contributed by atoms with Gasteiger partial charge in [-0.25, -0.2) is 9.97 Å². The number of hydrogen-bond acceptors (Lipinski definition) is 3. The van der Waals surface area contributed by atoms with E-state index in [1.807, 2.05) is 0 Å². The van der Waals surface area contributed by atoms with E-state index in [2.05, 4.69) is 156 Å². The van der Waals surface area contributed by atoms with Crippen LogP contribution < -0.4 is 0 Å². The fourth-order valence-corrected chi connectivity index (χ4v) is 11.2.